The summed E-state index contributed by atoms with van der Waals surface area (Å²) < 4.78 is 29.5. The molecule has 2 aliphatic rings. The summed E-state index contributed by atoms with van der Waals surface area (Å²) >= 11 is 0. The average Bonchev–Trinajstić information content (AvgIpc) is 3.32. The van der Waals surface area contributed by atoms with E-state index < -0.39 is 10.0 Å². The Hall–Kier alpha value is -1.66. The molecule has 24 heavy (non-hydrogen) atoms. The van der Waals surface area contributed by atoms with Crippen LogP contribution < -0.4 is 4.72 Å². The first kappa shape index (κ1) is 15.8. The zero-order valence-corrected chi connectivity index (χ0v) is 14.9. The van der Waals surface area contributed by atoms with E-state index in [1.165, 1.54) is 11.1 Å². The Kier molecular flexibility index (Phi) is 3.77. The maximum Gasteiger partial charge on any atom is 0.215 e. The number of sulfonamides is 1. The minimum Gasteiger partial charge on any atom is -0.237 e. The van der Waals surface area contributed by atoms with Crippen LogP contribution in [-0.2, 0) is 16.4 Å². The fourth-order valence-electron chi connectivity index (χ4n) is 3.52. The molecular weight excluding hydrogens is 322 g/mol. The molecule has 128 valence electrons. The number of hydrogen-bond acceptors (Lipinski definition) is 3. The van der Waals surface area contributed by atoms with Gasteiger partial charge in [-0.25, -0.2) is 17.8 Å². The molecule has 1 aromatic carbocycles. The third kappa shape index (κ3) is 2.67. The Morgan fingerprint density at radius 3 is 2.75 bits per heavy atom. The summed E-state index contributed by atoms with van der Waals surface area (Å²) in [5, 5.41) is 4.41. The van der Waals surface area contributed by atoms with E-state index in [0.29, 0.717) is 0 Å². The number of aryl methyl sites for hydroxylation is 1. The minimum atomic E-state index is -3.19. The molecule has 1 saturated carbocycles. The van der Waals surface area contributed by atoms with Crippen LogP contribution in [0.4, 0.5) is 0 Å². The van der Waals surface area contributed by atoms with Gasteiger partial charge in [-0.3, -0.25) is 0 Å². The van der Waals surface area contributed by atoms with E-state index in [1.807, 2.05) is 16.9 Å². The second-order valence-electron chi connectivity index (χ2n) is 6.98. The van der Waals surface area contributed by atoms with Gasteiger partial charge in [0.05, 0.1) is 23.2 Å². The van der Waals surface area contributed by atoms with Crippen LogP contribution in [0.3, 0.4) is 0 Å². The molecule has 1 aromatic heterocycles. The highest BCUT2D eigenvalue weighted by Crippen LogP contribution is 2.35. The monoisotopic (exact) mass is 345 g/mol. The molecule has 2 aromatic rings. The van der Waals surface area contributed by atoms with Gasteiger partial charge in [0.2, 0.25) is 10.0 Å². The van der Waals surface area contributed by atoms with E-state index in [9.17, 15) is 8.42 Å². The van der Waals surface area contributed by atoms with Crippen molar-refractivity contribution in [1.82, 2.24) is 14.5 Å². The van der Waals surface area contributed by atoms with Crippen LogP contribution in [0.2, 0.25) is 0 Å². The number of rotatable bonds is 4. The number of hydrogen-bond donors (Lipinski definition) is 1. The van der Waals surface area contributed by atoms with Gasteiger partial charge in [0.1, 0.15) is 0 Å². The maximum atomic E-state index is 12.3. The fourth-order valence-corrected chi connectivity index (χ4v) is 5.12. The van der Waals surface area contributed by atoms with Gasteiger partial charge in [-0.15, -0.1) is 0 Å². The first-order valence-corrected chi connectivity index (χ1v) is 10.2. The topological polar surface area (TPSA) is 64.0 Å². The van der Waals surface area contributed by atoms with E-state index in [-0.39, 0.29) is 11.3 Å². The summed E-state index contributed by atoms with van der Waals surface area (Å²) in [6.45, 7) is 4.20. The summed E-state index contributed by atoms with van der Waals surface area (Å²) in [6, 6.07) is 6.08. The number of fused-ring (bicyclic) bond motifs is 1. The largest absolute Gasteiger partial charge is 0.237 e. The number of nitrogens with zero attached hydrogens (tertiary/aromatic N) is 2. The Morgan fingerprint density at radius 1 is 1.21 bits per heavy atom. The molecule has 0 aliphatic heterocycles. The van der Waals surface area contributed by atoms with Gasteiger partial charge >= 0.3 is 0 Å². The SMILES string of the molecule is Cc1cccc(-n2ncc3c2CCC[C@H]3NS(=O)(=O)C2CC2)c1C. The van der Waals surface area contributed by atoms with Crippen molar-refractivity contribution in [2.24, 2.45) is 0 Å². The van der Waals surface area contributed by atoms with Gasteiger partial charge in [0.25, 0.3) is 0 Å². The summed E-state index contributed by atoms with van der Waals surface area (Å²) in [6.07, 6.45) is 6.17. The van der Waals surface area contributed by atoms with Crippen LogP contribution in [-0.4, -0.2) is 23.4 Å². The second-order valence-corrected chi connectivity index (χ2v) is 8.98. The van der Waals surface area contributed by atoms with E-state index >= 15 is 0 Å². The van der Waals surface area contributed by atoms with Crippen molar-refractivity contribution in [3.63, 3.8) is 0 Å². The highest BCUT2D eigenvalue weighted by Gasteiger charge is 2.38. The summed E-state index contributed by atoms with van der Waals surface area (Å²) in [4.78, 5) is 0. The molecule has 4 rings (SSSR count). The van der Waals surface area contributed by atoms with Crippen LogP contribution in [0.25, 0.3) is 5.69 Å². The lowest BCUT2D eigenvalue weighted by atomic mass is 9.93. The highest BCUT2D eigenvalue weighted by atomic mass is 32.2. The van der Waals surface area contributed by atoms with Crippen molar-refractivity contribution in [3.8, 4) is 5.69 Å². The molecular formula is C18H23N3O2S. The quantitative estimate of drug-likeness (QED) is 0.926. The van der Waals surface area contributed by atoms with Gasteiger partial charge in [-0.05, 0) is 63.1 Å². The molecule has 0 bridgehead atoms. The first-order chi connectivity index (χ1) is 11.5. The van der Waals surface area contributed by atoms with Crippen LogP contribution >= 0.6 is 0 Å². The Balaban J connectivity index is 1.71. The third-order valence-electron chi connectivity index (χ3n) is 5.26. The van der Waals surface area contributed by atoms with E-state index in [0.717, 1.165) is 49.0 Å². The van der Waals surface area contributed by atoms with Gasteiger partial charge < -0.3 is 0 Å². The summed E-state index contributed by atoms with van der Waals surface area (Å²) in [5.41, 5.74) is 5.70. The Labute approximate surface area is 143 Å². The van der Waals surface area contributed by atoms with Gasteiger partial charge in [-0.1, -0.05) is 12.1 Å². The van der Waals surface area contributed by atoms with Gasteiger partial charge in [-0.2, -0.15) is 5.10 Å². The smallest absolute Gasteiger partial charge is 0.215 e. The second kappa shape index (κ2) is 5.70. The van der Waals surface area contributed by atoms with Crippen molar-refractivity contribution >= 4 is 10.0 Å². The molecule has 0 radical (unpaired) electrons. The van der Waals surface area contributed by atoms with Crippen molar-refractivity contribution in [3.05, 3.63) is 46.8 Å². The number of benzene rings is 1. The van der Waals surface area contributed by atoms with Crippen LogP contribution in [0.1, 0.15) is 54.1 Å². The standard InChI is InChI=1S/C18H23N3O2S/c1-12-5-3-7-17(13(12)2)21-18-8-4-6-16(15(18)11-19-21)20-24(22,23)14-9-10-14/h3,5,7,11,14,16,20H,4,6,8-10H2,1-2H3/t16-/m1/s1. The van der Waals surface area contributed by atoms with E-state index in [1.54, 1.807) is 0 Å². The predicted octanol–water partition coefficient (Wildman–Crippen LogP) is 2.95. The van der Waals surface area contributed by atoms with Crippen molar-refractivity contribution in [2.75, 3.05) is 0 Å². The molecule has 2 aliphatic carbocycles. The molecule has 5 nitrogen and oxygen atoms in total. The van der Waals surface area contributed by atoms with Gasteiger partial charge in [0.15, 0.2) is 0 Å². The zero-order chi connectivity index (χ0) is 16.9. The average molecular weight is 345 g/mol. The van der Waals surface area contributed by atoms with Crippen molar-refractivity contribution < 1.29 is 8.42 Å². The maximum absolute atomic E-state index is 12.3. The fraction of sp³-hybridized carbons (Fsp3) is 0.500. The van der Waals surface area contributed by atoms with Gasteiger partial charge in [0, 0.05) is 11.3 Å². The van der Waals surface area contributed by atoms with Crippen LogP contribution in [0.5, 0.6) is 0 Å². The number of nitrogens with one attached hydrogen (secondary N) is 1. The summed E-state index contributed by atoms with van der Waals surface area (Å²) in [5.74, 6) is 0. The first-order valence-electron chi connectivity index (χ1n) is 8.62. The normalized spacial score (nSPS) is 20.8. The third-order valence-corrected chi connectivity index (χ3v) is 7.22. The Bertz CT molecular complexity index is 882. The van der Waals surface area contributed by atoms with E-state index in [2.05, 4.69) is 35.8 Å². The molecule has 0 saturated heterocycles. The molecule has 0 unspecified atom stereocenters. The zero-order valence-electron chi connectivity index (χ0n) is 14.1. The predicted molar refractivity (Wildman–Crippen MR) is 93.8 cm³/mol. The number of aromatic nitrogens is 2. The lowest BCUT2D eigenvalue weighted by Gasteiger charge is -2.24. The lowest BCUT2D eigenvalue weighted by molar-refractivity contribution is 0.501. The molecule has 6 heteroatoms. The molecule has 1 atom stereocenters. The molecule has 1 fully saturated rings. The van der Waals surface area contributed by atoms with Crippen LogP contribution in [0, 0.1) is 13.8 Å². The molecule has 1 heterocycles. The molecule has 0 amide bonds. The van der Waals surface area contributed by atoms with Crippen molar-refractivity contribution in [2.45, 2.75) is 57.2 Å². The minimum absolute atomic E-state index is 0.141. The van der Waals surface area contributed by atoms with E-state index in [4.69, 9.17) is 0 Å². The lowest BCUT2D eigenvalue weighted by Crippen LogP contribution is -2.33. The highest BCUT2D eigenvalue weighted by molar-refractivity contribution is 7.90. The van der Waals surface area contributed by atoms with Crippen molar-refractivity contribution in [1.29, 1.82) is 0 Å². The summed E-state index contributed by atoms with van der Waals surface area (Å²) in [7, 11) is -3.19. The molecule has 0 spiro atoms. The molecule has 1 N–H and O–H groups in total. The Morgan fingerprint density at radius 2 is 2.00 bits per heavy atom. The van der Waals surface area contributed by atoms with Crippen LogP contribution in [0.15, 0.2) is 24.4 Å².